The Morgan fingerprint density at radius 1 is 1.20 bits per heavy atom. The van der Waals surface area contributed by atoms with E-state index < -0.39 is 0 Å². The third-order valence-corrected chi connectivity index (χ3v) is 5.95. The van der Waals surface area contributed by atoms with Crippen molar-refractivity contribution in [2.45, 2.75) is 26.2 Å². The fraction of sp³-hybridized carbons (Fsp3) is 0.364. The Morgan fingerprint density at radius 3 is 2.74 bits per heavy atom. The molecule has 0 spiro atoms. The molecule has 1 aliphatic heterocycles. The molecule has 2 heterocycles. The van der Waals surface area contributed by atoms with Crippen LogP contribution in [0.1, 0.15) is 26.2 Å². The molecule has 1 aromatic carbocycles. The van der Waals surface area contributed by atoms with E-state index in [1.54, 1.807) is 13.1 Å². The molecule has 0 aliphatic carbocycles. The maximum atomic E-state index is 12.3. The predicted octanol–water partition coefficient (Wildman–Crippen LogP) is 4.40. The molecule has 13 heteroatoms. The molecule has 3 amide bonds. The van der Waals surface area contributed by atoms with Gasteiger partial charge in [0.25, 0.3) is 5.24 Å². The highest BCUT2D eigenvalue weighted by Gasteiger charge is 2.17. The second kappa shape index (κ2) is 13.8. The number of carbonyl (C=O) groups excluding carboxylic acids is 2. The smallest absolute Gasteiger partial charge is 0.321 e. The van der Waals surface area contributed by atoms with Gasteiger partial charge in [0.05, 0.1) is 4.47 Å². The topological polar surface area (TPSA) is 135 Å². The van der Waals surface area contributed by atoms with Gasteiger partial charge in [-0.1, -0.05) is 12.6 Å². The number of halogens is 1. The van der Waals surface area contributed by atoms with Gasteiger partial charge in [0.15, 0.2) is 0 Å². The van der Waals surface area contributed by atoms with E-state index in [4.69, 9.17) is 0 Å². The van der Waals surface area contributed by atoms with Crippen molar-refractivity contribution in [1.82, 2.24) is 30.4 Å². The summed E-state index contributed by atoms with van der Waals surface area (Å²) in [5, 5.41) is 12.0. The molecule has 1 saturated heterocycles. The maximum absolute atomic E-state index is 12.3. The third-order valence-electron chi connectivity index (χ3n) is 4.83. The largest absolute Gasteiger partial charge is 0.369 e. The van der Waals surface area contributed by atoms with Gasteiger partial charge in [-0.2, -0.15) is 9.82 Å². The number of nitrogens with one attached hydrogen (secondary N) is 6. The Morgan fingerprint density at radius 2 is 1.97 bits per heavy atom. The number of likely N-dealkylation sites (tertiary alicyclic amines) is 1. The van der Waals surface area contributed by atoms with E-state index >= 15 is 0 Å². The van der Waals surface area contributed by atoms with Crippen LogP contribution in [0, 0.1) is 0 Å². The van der Waals surface area contributed by atoms with E-state index in [1.165, 1.54) is 0 Å². The van der Waals surface area contributed by atoms with Gasteiger partial charge in [-0.05, 0) is 60.3 Å². The van der Waals surface area contributed by atoms with Gasteiger partial charge in [0.1, 0.15) is 5.82 Å². The third kappa shape index (κ3) is 9.26. The Balaban J connectivity index is 1.45. The van der Waals surface area contributed by atoms with Crippen LogP contribution >= 0.6 is 27.9 Å². The van der Waals surface area contributed by atoms with Crippen molar-refractivity contribution in [2.75, 3.05) is 42.1 Å². The monoisotopic (exact) mass is 563 g/mol. The number of aromatic nitrogens is 2. The number of rotatable bonds is 11. The molecule has 0 radical (unpaired) electrons. The zero-order valence-electron chi connectivity index (χ0n) is 19.5. The van der Waals surface area contributed by atoms with Crippen LogP contribution in [0.3, 0.4) is 0 Å². The quantitative estimate of drug-likeness (QED) is 0.133. The van der Waals surface area contributed by atoms with Crippen molar-refractivity contribution >= 4 is 62.3 Å². The molecule has 3 rings (SSSR count). The lowest BCUT2D eigenvalue weighted by Crippen LogP contribution is -2.32. The number of hydrogen-bond acceptors (Lipinski definition) is 9. The lowest BCUT2D eigenvalue weighted by atomic mass is 10.3. The molecule has 1 aliphatic rings. The first-order valence-corrected chi connectivity index (χ1v) is 12.8. The Kier molecular flexibility index (Phi) is 10.4. The molecular weight excluding hydrogens is 534 g/mol. The molecule has 0 bridgehead atoms. The van der Waals surface area contributed by atoms with Gasteiger partial charge in [-0.25, -0.2) is 9.78 Å². The number of benzene rings is 1. The van der Waals surface area contributed by atoms with Gasteiger partial charge in [-0.15, -0.1) is 0 Å². The number of allylic oxidation sites excluding steroid dienone is 1. The van der Waals surface area contributed by atoms with E-state index in [2.05, 4.69) is 64.0 Å². The standard InChI is InChI=1S/C22H30BrN9O2S/c1-15(2)30-31-35-22(34)25-10-6-9-24-19-18(23)14-26-20(29-19)27-16-7-5-8-17(13-16)28-21(33)32-11-3-4-12-32/h5,7-8,13-14,30-31H,1,3-4,6,9-12H2,2H3,(H,25,34)(H,28,33)(H2,24,26,27,29). The summed E-state index contributed by atoms with van der Waals surface area (Å²) in [7, 11) is 0. The van der Waals surface area contributed by atoms with E-state index in [0.717, 1.165) is 53.7 Å². The highest BCUT2D eigenvalue weighted by Crippen LogP contribution is 2.23. The molecule has 0 unspecified atom stereocenters. The van der Waals surface area contributed by atoms with Gasteiger partial charge in [-0.3, -0.25) is 4.79 Å². The molecule has 6 N–H and O–H groups in total. The lowest BCUT2D eigenvalue weighted by Gasteiger charge is -2.16. The minimum absolute atomic E-state index is 0.0828. The minimum atomic E-state index is -0.188. The zero-order valence-corrected chi connectivity index (χ0v) is 21.9. The van der Waals surface area contributed by atoms with Crippen molar-refractivity contribution in [3.8, 4) is 0 Å². The summed E-state index contributed by atoms with van der Waals surface area (Å²) in [6.07, 6.45) is 4.46. The fourth-order valence-electron chi connectivity index (χ4n) is 3.16. The molecule has 11 nitrogen and oxygen atoms in total. The molecule has 0 atom stereocenters. The van der Waals surface area contributed by atoms with Crippen LogP contribution in [0.25, 0.3) is 0 Å². The van der Waals surface area contributed by atoms with Gasteiger partial charge >= 0.3 is 6.03 Å². The van der Waals surface area contributed by atoms with Gasteiger partial charge < -0.3 is 31.6 Å². The van der Waals surface area contributed by atoms with Crippen LogP contribution in [0.5, 0.6) is 0 Å². The van der Waals surface area contributed by atoms with Crippen LogP contribution in [0.4, 0.5) is 32.7 Å². The number of carbonyl (C=O) groups is 2. The number of nitrogens with zero attached hydrogens (tertiary/aromatic N) is 3. The summed E-state index contributed by atoms with van der Waals surface area (Å²) in [5.74, 6) is 1.05. The Labute approximate surface area is 217 Å². The zero-order chi connectivity index (χ0) is 25.0. The first kappa shape index (κ1) is 26.6. The number of hydrogen-bond donors (Lipinski definition) is 6. The van der Waals surface area contributed by atoms with E-state index in [-0.39, 0.29) is 11.3 Å². The SMILES string of the molecule is C=C(C)NNSC(=O)NCCCNc1nc(Nc2cccc(NC(=O)N3CCCC3)c2)ncc1Br. The number of anilines is 4. The summed E-state index contributed by atoms with van der Waals surface area (Å²) in [6, 6.07) is 7.34. The molecule has 188 valence electrons. The van der Waals surface area contributed by atoms with Crippen molar-refractivity contribution in [3.05, 3.63) is 47.2 Å². The molecular formula is C22H30BrN9O2S. The van der Waals surface area contributed by atoms with Crippen molar-refractivity contribution in [3.63, 3.8) is 0 Å². The average Bonchev–Trinajstić information content (AvgIpc) is 3.36. The normalized spacial score (nSPS) is 12.7. The number of hydrazine groups is 1. The molecule has 0 saturated carbocycles. The Bertz CT molecular complexity index is 1030. The molecule has 35 heavy (non-hydrogen) atoms. The van der Waals surface area contributed by atoms with Crippen molar-refractivity contribution < 1.29 is 9.59 Å². The van der Waals surface area contributed by atoms with E-state index in [1.807, 2.05) is 29.2 Å². The highest BCUT2D eigenvalue weighted by molar-refractivity contribution is 9.10. The molecule has 2 aromatic rings. The predicted molar refractivity (Wildman–Crippen MR) is 144 cm³/mol. The van der Waals surface area contributed by atoms with E-state index in [0.29, 0.717) is 37.0 Å². The first-order valence-electron chi connectivity index (χ1n) is 11.2. The fourth-order valence-corrected chi connectivity index (χ4v) is 3.98. The lowest BCUT2D eigenvalue weighted by molar-refractivity contribution is 0.222. The second-order valence-corrected chi connectivity index (χ2v) is 9.46. The summed E-state index contributed by atoms with van der Waals surface area (Å²) >= 11 is 4.38. The summed E-state index contributed by atoms with van der Waals surface area (Å²) in [6.45, 7) is 8.16. The van der Waals surface area contributed by atoms with Crippen LogP contribution in [-0.4, -0.2) is 52.3 Å². The van der Waals surface area contributed by atoms with E-state index in [9.17, 15) is 9.59 Å². The number of urea groups is 1. The maximum Gasteiger partial charge on any atom is 0.321 e. The van der Waals surface area contributed by atoms with Crippen LogP contribution in [0.15, 0.2) is 47.2 Å². The van der Waals surface area contributed by atoms with Crippen LogP contribution < -0.4 is 31.5 Å². The highest BCUT2D eigenvalue weighted by atomic mass is 79.9. The van der Waals surface area contributed by atoms with Gasteiger partial charge in [0, 0.05) is 61.4 Å². The van der Waals surface area contributed by atoms with Gasteiger partial charge in [0.2, 0.25) is 5.95 Å². The summed E-state index contributed by atoms with van der Waals surface area (Å²) in [4.78, 5) is 37.4. The minimum Gasteiger partial charge on any atom is -0.369 e. The van der Waals surface area contributed by atoms with Crippen LogP contribution in [-0.2, 0) is 0 Å². The first-order chi connectivity index (χ1) is 16.9. The Hall–Kier alpha value is -3.03. The molecule has 1 fully saturated rings. The van der Waals surface area contributed by atoms with Crippen LogP contribution in [0.2, 0.25) is 0 Å². The van der Waals surface area contributed by atoms with Crippen molar-refractivity contribution in [1.29, 1.82) is 0 Å². The van der Waals surface area contributed by atoms with Crippen molar-refractivity contribution in [2.24, 2.45) is 0 Å². The summed E-state index contributed by atoms with van der Waals surface area (Å²) in [5.41, 5.74) is 4.93. The summed E-state index contributed by atoms with van der Waals surface area (Å²) < 4.78 is 0.726. The second-order valence-electron chi connectivity index (χ2n) is 7.82. The number of amides is 3. The molecule has 1 aromatic heterocycles. The average molecular weight is 565 g/mol.